The number of amides is 1. The molecule has 3 aromatic rings. The van der Waals surface area contributed by atoms with Crippen LogP contribution in [0.3, 0.4) is 0 Å². The average molecular weight is 390 g/mol. The van der Waals surface area contributed by atoms with E-state index in [1.165, 1.54) is 12.3 Å². The van der Waals surface area contributed by atoms with Gasteiger partial charge in [-0.05, 0) is 59.5 Å². The number of H-pyrrole nitrogens is 1. The van der Waals surface area contributed by atoms with E-state index in [-0.39, 0.29) is 11.7 Å². The maximum absolute atomic E-state index is 14.0. The number of hydrogen-bond acceptors (Lipinski definition) is 2. The Labute approximate surface area is 147 Å². The van der Waals surface area contributed by atoms with Crippen LogP contribution in [0.25, 0.3) is 10.9 Å². The van der Waals surface area contributed by atoms with E-state index >= 15 is 0 Å². The molecule has 2 N–H and O–H groups in total. The summed E-state index contributed by atoms with van der Waals surface area (Å²) in [6, 6.07) is 4.97. The van der Waals surface area contributed by atoms with Gasteiger partial charge in [0.2, 0.25) is 0 Å². The number of benzene rings is 1. The van der Waals surface area contributed by atoms with E-state index in [4.69, 9.17) is 0 Å². The van der Waals surface area contributed by atoms with Crippen molar-refractivity contribution in [3.8, 4) is 0 Å². The first-order valence-electron chi connectivity index (χ1n) is 7.62. The molecule has 3 rings (SSSR count). The first kappa shape index (κ1) is 16.6. The van der Waals surface area contributed by atoms with Crippen molar-refractivity contribution < 1.29 is 9.18 Å². The summed E-state index contributed by atoms with van der Waals surface area (Å²) in [6.45, 7) is 4.35. The predicted octanol–water partition coefficient (Wildman–Crippen LogP) is 4.05. The maximum atomic E-state index is 14.0. The zero-order chi connectivity index (χ0) is 17.3. The molecule has 0 atom stereocenters. The fraction of sp³-hybridized carbons (Fsp3) is 0.222. The van der Waals surface area contributed by atoms with Crippen molar-refractivity contribution in [2.24, 2.45) is 0 Å². The molecule has 6 heteroatoms. The molecule has 124 valence electrons. The van der Waals surface area contributed by atoms with Crippen molar-refractivity contribution in [3.05, 3.63) is 63.3 Å². The number of aromatic amines is 1. The second-order valence-electron chi connectivity index (χ2n) is 5.74. The Kier molecular flexibility index (Phi) is 4.66. The van der Waals surface area contributed by atoms with Gasteiger partial charge in [0.25, 0.3) is 5.91 Å². The summed E-state index contributed by atoms with van der Waals surface area (Å²) < 4.78 is 14.7. The molecule has 2 heterocycles. The Balaban J connectivity index is 1.76. The van der Waals surface area contributed by atoms with Gasteiger partial charge in [-0.2, -0.15) is 0 Å². The molecule has 0 spiro atoms. The summed E-state index contributed by atoms with van der Waals surface area (Å²) in [4.78, 5) is 19.2. The van der Waals surface area contributed by atoms with Gasteiger partial charge in [-0.1, -0.05) is 6.07 Å². The summed E-state index contributed by atoms with van der Waals surface area (Å²) in [6.07, 6.45) is 3.78. The van der Waals surface area contributed by atoms with Crippen LogP contribution < -0.4 is 5.32 Å². The fourth-order valence-electron chi connectivity index (χ4n) is 2.89. The van der Waals surface area contributed by atoms with Gasteiger partial charge in [0, 0.05) is 34.5 Å². The lowest BCUT2D eigenvalue weighted by atomic mass is 10.0. The van der Waals surface area contributed by atoms with Gasteiger partial charge in [0.15, 0.2) is 0 Å². The lowest BCUT2D eigenvalue weighted by Crippen LogP contribution is -2.25. The summed E-state index contributed by atoms with van der Waals surface area (Å²) in [7, 11) is 0. The average Bonchev–Trinajstić information content (AvgIpc) is 2.89. The van der Waals surface area contributed by atoms with Gasteiger partial charge in [-0.15, -0.1) is 0 Å². The van der Waals surface area contributed by atoms with E-state index in [9.17, 15) is 9.18 Å². The minimum Gasteiger partial charge on any atom is -0.356 e. The molecule has 0 saturated heterocycles. The van der Waals surface area contributed by atoms with Crippen molar-refractivity contribution in [3.63, 3.8) is 0 Å². The predicted molar refractivity (Wildman–Crippen MR) is 95.7 cm³/mol. The molecule has 2 aromatic heterocycles. The topological polar surface area (TPSA) is 57.8 Å². The normalized spacial score (nSPS) is 11.0. The van der Waals surface area contributed by atoms with E-state index in [1.54, 1.807) is 18.3 Å². The second-order valence-corrected chi connectivity index (χ2v) is 6.66. The number of halogens is 2. The Morgan fingerprint density at radius 2 is 2.12 bits per heavy atom. The van der Waals surface area contributed by atoms with Crippen molar-refractivity contribution in [2.75, 3.05) is 6.54 Å². The number of aromatic nitrogens is 2. The molecular weight excluding hydrogens is 373 g/mol. The van der Waals surface area contributed by atoms with E-state index in [0.29, 0.717) is 24.0 Å². The molecule has 1 aromatic carbocycles. The maximum Gasteiger partial charge on any atom is 0.252 e. The highest BCUT2D eigenvalue weighted by Gasteiger charge is 2.14. The number of rotatable bonds is 4. The SMILES string of the molecule is Cc1[nH]c2c(F)ccc(C)c2c1CCNC(=O)c1cncc(Br)c1. The van der Waals surface area contributed by atoms with E-state index in [1.807, 2.05) is 13.8 Å². The molecule has 0 bridgehead atoms. The first-order valence-corrected chi connectivity index (χ1v) is 8.41. The first-order chi connectivity index (χ1) is 11.5. The quantitative estimate of drug-likeness (QED) is 0.706. The van der Waals surface area contributed by atoms with Crippen LogP contribution in [0.1, 0.15) is 27.2 Å². The minimum absolute atomic E-state index is 0.177. The third-order valence-corrected chi connectivity index (χ3v) is 4.49. The molecule has 0 aliphatic rings. The molecular formula is C18H17BrFN3O. The number of aryl methyl sites for hydroxylation is 2. The number of fused-ring (bicyclic) bond motifs is 1. The van der Waals surface area contributed by atoms with Gasteiger partial charge < -0.3 is 10.3 Å². The Morgan fingerprint density at radius 1 is 1.33 bits per heavy atom. The summed E-state index contributed by atoms with van der Waals surface area (Å²) in [5.41, 5.74) is 4.02. The van der Waals surface area contributed by atoms with Gasteiger partial charge in [-0.3, -0.25) is 9.78 Å². The second kappa shape index (κ2) is 6.73. The zero-order valence-electron chi connectivity index (χ0n) is 13.4. The van der Waals surface area contributed by atoms with E-state index in [2.05, 4.69) is 31.2 Å². The highest BCUT2D eigenvalue weighted by molar-refractivity contribution is 9.10. The third-order valence-electron chi connectivity index (χ3n) is 4.06. The summed E-state index contributed by atoms with van der Waals surface area (Å²) in [5.74, 6) is -0.432. The molecule has 1 amide bonds. The Morgan fingerprint density at radius 3 is 2.88 bits per heavy atom. The summed E-state index contributed by atoms with van der Waals surface area (Å²) in [5, 5.41) is 3.79. The van der Waals surface area contributed by atoms with Crippen LogP contribution in [-0.4, -0.2) is 22.4 Å². The number of pyridine rings is 1. The highest BCUT2D eigenvalue weighted by atomic mass is 79.9. The Hall–Kier alpha value is -2.21. The van der Waals surface area contributed by atoms with Gasteiger partial charge in [0.1, 0.15) is 5.82 Å². The monoisotopic (exact) mass is 389 g/mol. The van der Waals surface area contributed by atoms with Gasteiger partial charge in [-0.25, -0.2) is 4.39 Å². The number of carbonyl (C=O) groups excluding carboxylic acids is 1. The molecule has 0 radical (unpaired) electrons. The van der Waals surface area contributed by atoms with Gasteiger partial charge >= 0.3 is 0 Å². The standard InChI is InChI=1S/C18H17BrFN3O/c1-10-3-4-15(20)17-16(10)14(11(2)23-17)5-6-22-18(24)12-7-13(19)9-21-8-12/h3-4,7-9,23H,5-6H2,1-2H3,(H,22,24). The number of nitrogens with zero attached hydrogens (tertiary/aromatic N) is 1. The van der Waals surface area contributed by atoms with E-state index < -0.39 is 0 Å². The molecule has 0 fully saturated rings. The van der Waals surface area contributed by atoms with Crippen molar-refractivity contribution >= 4 is 32.7 Å². The fourth-order valence-corrected chi connectivity index (χ4v) is 3.26. The van der Waals surface area contributed by atoms with Crippen LogP contribution in [-0.2, 0) is 6.42 Å². The molecule has 0 aliphatic heterocycles. The number of nitrogens with one attached hydrogen (secondary N) is 2. The lowest BCUT2D eigenvalue weighted by molar-refractivity contribution is 0.0953. The molecule has 24 heavy (non-hydrogen) atoms. The highest BCUT2D eigenvalue weighted by Crippen LogP contribution is 2.27. The third kappa shape index (κ3) is 3.19. The van der Waals surface area contributed by atoms with Gasteiger partial charge in [0.05, 0.1) is 11.1 Å². The van der Waals surface area contributed by atoms with Crippen LogP contribution in [0.4, 0.5) is 4.39 Å². The number of hydrogen-bond donors (Lipinski definition) is 2. The Bertz CT molecular complexity index is 920. The zero-order valence-corrected chi connectivity index (χ0v) is 15.0. The van der Waals surface area contributed by atoms with Crippen molar-refractivity contribution in [2.45, 2.75) is 20.3 Å². The lowest BCUT2D eigenvalue weighted by Gasteiger charge is -2.07. The molecule has 0 aliphatic carbocycles. The summed E-state index contributed by atoms with van der Waals surface area (Å²) >= 11 is 3.30. The van der Waals surface area contributed by atoms with Crippen LogP contribution in [0.5, 0.6) is 0 Å². The minimum atomic E-state index is -0.255. The van der Waals surface area contributed by atoms with Crippen molar-refractivity contribution in [1.29, 1.82) is 0 Å². The van der Waals surface area contributed by atoms with Crippen LogP contribution in [0.15, 0.2) is 35.1 Å². The van der Waals surface area contributed by atoms with Crippen molar-refractivity contribution in [1.82, 2.24) is 15.3 Å². The van der Waals surface area contributed by atoms with Crippen LogP contribution in [0.2, 0.25) is 0 Å². The van der Waals surface area contributed by atoms with Crippen LogP contribution in [0, 0.1) is 19.7 Å². The smallest absolute Gasteiger partial charge is 0.252 e. The van der Waals surface area contributed by atoms with E-state index in [0.717, 1.165) is 26.7 Å². The number of carbonyl (C=O) groups is 1. The van der Waals surface area contributed by atoms with Crippen LogP contribution >= 0.6 is 15.9 Å². The largest absolute Gasteiger partial charge is 0.356 e. The molecule has 4 nitrogen and oxygen atoms in total. The molecule has 0 unspecified atom stereocenters. The molecule has 0 saturated carbocycles.